The van der Waals surface area contributed by atoms with Crippen molar-refractivity contribution in [2.24, 2.45) is 4.99 Å². The Hall–Kier alpha value is -6.38. The summed E-state index contributed by atoms with van der Waals surface area (Å²) >= 11 is 1.25. The highest BCUT2D eigenvalue weighted by Crippen LogP contribution is 2.38. The third kappa shape index (κ3) is 6.03. The van der Waals surface area contributed by atoms with Crippen molar-refractivity contribution in [2.45, 2.75) is 13.0 Å². The largest absolute Gasteiger partial charge is 0.463 e. The molecule has 52 heavy (non-hydrogen) atoms. The summed E-state index contributed by atoms with van der Waals surface area (Å²) in [7, 11) is 0. The van der Waals surface area contributed by atoms with E-state index in [4.69, 9.17) is 9.73 Å². The second-order valence-electron chi connectivity index (χ2n) is 12.2. The van der Waals surface area contributed by atoms with E-state index in [2.05, 4.69) is 47.0 Å². The Morgan fingerprint density at radius 2 is 1.37 bits per heavy atom. The number of para-hydroxylation sites is 1. The van der Waals surface area contributed by atoms with E-state index in [0.717, 1.165) is 33.8 Å². The minimum Gasteiger partial charge on any atom is -0.463 e. The van der Waals surface area contributed by atoms with Crippen LogP contribution in [0.3, 0.4) is 0 Å². The lowest BCUT2D eigenvalue weighted by Gasteiger charge is -2.25. The van der Waals surface area contributed by atoms with Gasteiger partial charge in [0.25, 0.3) is 5.56 Å². The summed E-state index contributed by atoms with van der Waals surface area (Å²) in [5.74, 6) is -1.01. The van der Waals surface area contributed by atoms with Gasteiger partial charge in [-0.25, -0.2) is 14.2 Å². The number of thiazole rings is 1. The standard InChI is InChI=1S/C44H32FN3O3S/c1-2-51-43(50)38-39(30-17-9-4-10-18-30)46-44-48(41(38)32-23-25-34(45)26-24-32)42(49)37(52-44)28-33-27-36(29-15-7-3-8-16-29)47(35-21-13-6-14-22-35)40(33)31-19-11-5-12-20-31/h3-28,41H,2H2,1H3/b37-28-/t41-/m1/s1. The van der Waals surface area contributed by atoms with Crippen molar-refractivity contribution in [3.8, 4) is 28.2 Å². The molecule has 8 heteroatoms. The summed E-state index contributed by atoms with van der Waals surface area (Å²) in [6.45, 7) is 1.87. The van der Waals surface area contributed by atoms with Gasteiger partial charge in [-0.1, -0.05) is 133 Å². The number of esters is 1. The van der Waals surface area contributed by atoms with Crippen LogP contribution in [0.4, 0.5) is 4.39 Å². The molecule has 0 amide bonds. The van der Waals surface area contributed by atoms with Crippen LogP contribution in [0, 0.1) is 5.82 Å². The molecule has 6 nitrogen and oxygen atoms in total. The highest BCUT2D eigenvalue weighted by atomic mass is 32.1. The van der Waals surface area contributed by atoms with Gasteiger partial charge in [-0.3, -0.25) is 9.36 Å². The van der Waals surface area contributed by atoms with E-state index < -0.39 is 17.8 Å². The lowest BCUT2D eigenvalue weighted by atomic mass is 9.93. The number of rotatable bonds is 8. The number of carbonyl (C=O) groups excluding carboxylic acids is 1. The third-order valence-corrected chi connectivity index (χ3v) is 9.99. The number of hydrogen-bond donors (Lipinski definition) is 0. The Labute approximate surface area is 303 Å². The molecule has 0 radical (unpaired) electrons. The molecular formula is C44H32FN3O3S. The second kappa shape index (κ2) is 14.1. The van der Waals surface area contributed by atoms with Crippen molar-refractivity contribution >= 4 is 29.1 Å². The molecular weight excluding hydrogens is 670 g/mol. The van der Waals surface area contributed by atoms with E-state index in [0.29, 0.717) is 26.2 Å². The number of halogens is 1. The second-order valence-corrected chi connectivity index (χ2v) is 13.2. The van der Waals surface area contributed by atoms with Gasteiger partial charge in [0, 0.05) is 16.8 Å². The van der Waals surface area contributed by atoms with Crippen LogP contribution in [-0.4, -0.2) is 21.7 Å². The van der Waals surface area contributed by atoms with Gasteiger partial charge in [-0.15, -0.1) is 0 Å². The maximum absolute atomic E-state index is 14.7. The Morgan fingerprint density at radius 3 is 1.98 bits per heavy atom. The fourth-order valence-corrected chi connectivity index (χ4v) is 7.73. The highest BCUT2D eigenvalue weighted by molar-refractivity contribution is 7.07. The van der Waals surface area contributed by atoms with E-state index in [1.165, 1.54) is 28.0 Å². The summed E-state index contributed by atoms with van der Waals surface area (Å²) in [5, 5.41) is 0. The maximum atomic E-state index is 14.7. The summed E-state index contributed by atoms with van der Waals surface area (Å²) < 4.78 is 24.0. The average molecular weight is 702 g/mol. The van der Waals surface area contributed by atoms with Gasteiger partial charge in [0.1, 0.15) is 5.82 Å². The number of aromatic nitrogens is 2. The van der Waals surface area contributed by atoms with Crippen molar-refractivity contribution in [3.05, 3.63) is 199 Å². The van der Waals surface area contributed by atoms with Crippen molar-refractivity contribution in [1.82, 2.24) is 9.13 Å². The minimum atomic E-state index is -0.907. The lowest BCUT2D eigenvalue weighted by molar-refractivity contribution is -0.138. The molecule has 254 valence electrons. The number of carbonyl (C=O) groups is 1. The first-order valence-electron chi connectivity index (χ1n) is 17.0. The van der Waals surface area contributed by atoms with Crippen molar-refractivity contribution < 1.29 is 13.9 Å². The van der Waals surface area contributed by atoms with Gasteiger partial charge in [0.15, 0.2) is 4.80 Å². The quantitative estimate of drug-likeness (QED) is 0.150. The lowest BCUT2D eigenvalue weighted by Crippen LogP contribution is -2.40. The molecule has 0 unspecified atom stereocenters. The molecule has 7 aromatic rings. The summed E-state index contributed by atoms with van der Waals surface area (Å²) in [5.41, 5.74) is 7.27. The van der Waals surface area contributed by atoms with Crippen LogP contribution in [0.25, 0.3) is 40.0 Å². The first-order chi connectivity index (χ1) is 25.5. The maximum Gasteiger partial charge on any atom is 0.338 e. The minimum absolute atomic E-state index is 0.134. The molecule has 1 atom stereocenters. The van der Waals surface area contributed by atoms with Gasteiger partial charge in [-0.2, -0.15) is 0 Å². The summed E-state index contributed by atoms with van der Waals surface area (Å²) in [6, 6.07) is 46.9. The Kier molecular flexibility index (Phi) is 8.89. The van der Waals surface area contributed by atoms with Gasteiger partial charge < -0.3 is 9.30 Å². The van der Waals surface area contributed by atoms with Gasteiger partial charge in [0.05, 0.1) is 39.8 Å². The SMILES string of the molecule is CCOC(=O)C1=C(c2ccccc2)N=c2s/c(=C\c3cc(-c4ccccc4)n(-c4ccccc4)c3-c3ccccc3)c(=O)n2[C@@H]1c1ccc(F)cc1. The molecule has 0 aliphatic carbocycles. The molecule has 8 rings (SSSR count). The zero-order valence-electron chi connectivity index (χ0n) is 28.1. The smallest absolute Gasteiger partial charge is 0.338 e. The zero-order chi connectivity index (χ0) is 35.6. The molecule has 3 heterocycles. The fourth-order valence-electron chi connectivity index (χ4n) is 6.74. The monoisotopic (exact) mass is 701 g/mol. The first kappa shape index (κ1) is 32.8. The van der Waals surface area contributed by atoms with Crippen molar-refractivity contribution in [2.75, 3.05) is 6.61 Å². The molecule has 2 aromatic heterocycles. The summed E-state index contributed by atoms with van der Waals surface area (Å²) in [4.78, 5) is 34.0. The Bertz CT molecular complexity index is 2610. The molecule has 1 aliphatic heterocycles. The van der Waals surface area contributed by atoms with E-state index in [1.54, 1.807) is 19.1 Å². The number of hydrogen-bond acceptors (Lipinski definition) is 5. The normalized spacial score (nSPS) is 14.2. The Morgan fingerprint density at radius 1 is 0.788 bits per heavy atom. The van der Waals surface area contributed by atoms with Crippen LogP contribution in [-0.2, 0) is 9.53 Å². The molecule has 1 aliphatic rings. The van der Waals surface area contributed by atoms with Crippen LogP contribution >= 0.6 is 11.3 Å². The topological polar surface area (TPSA) is 65.6 Å². The van der Waals surface area contributed by atoms with Gasteiger partial charge in [-0.05, 0) is 60.0 Å². The highest BCUT2D eigenvalue weighted by Gasteiger charge is 2.35. The zero-order valence-corrected chi connectivity index (χ0v) is 29.0. The molecule has 5 aromatic carbocycles. The average Bonchev–Trinajstić information content (AvgIpc) is 3.72. The van der Waals surface area contributed by atoms with E-state index in [-0.39, 0.29) is 17.7 Å². The number of nitrogens with zero attached hydrogens (tertiary/aromatic N) is 3. The molecule has 0 N–H and O–H groups in total. The summed E-state index contributed by atoms with van der Waals surface area (Å²) in [6.07, 6.45) is 1.91. The number of fused-ring (bicyclic) bond motifs is 1. The van der Waals surface area contributed by atoms with Crippen LogP contribution in [0.5, 0.6) is 0 Å². The number of benzene rings is 5. The van der Waals surface area contributed by atoms with Crippen LogP contribution in [0.2, 0.25) is 0 Å². The third-order valence-electron chi connectivity index (χ3n) is 9.01. The van der Waals surface area contributed by atoms with E-state index in [9.17, 15) is 14.0 Å². The van der Waals surface area contributed by atoms with Crippen LogP contribution in [0.1, 0.15) is 29.7 Å². The molecule has 0 bridgehead atoms. The predicted molar refractivity (Wildman–Crippen MR) is 204 cm³/mol. The van der Waals surface area contributed by atoms with E-state index in [1.807, 2.05) is 91.0 Å². The fraction of sp³-hybridized carbons (Fsp3) is 0.0682. The predicted octanol–water partition coefficient (Wildman–Crippen LogP) is 8.20. The van der Waals surface area contributed by atoms with Crippen LogP contribution in [0.15, 0.2) is 167 Å². The van der Waals surface area contributed by atoms with Gasteiger partial charge in [0.2, 0.25) is 0 Å². The molecule has 0 fully saturated rings. The van der Waals surface area contributed by atoms with Crippen LogP contribution < -0.4 is 14.9 Å². The van der Waals surface area contributed by atoms with Crippen molar-refractivity contribution in [1.29, 1.82) is 0 Å². The molecule has 0 saturated heterocycles. The van der Waals surface area contributed by atoms with E-state index >= 15 is 0 Å². The molecule has 0 saturated carbocycles. The van der Waals surface area contributed by atoms with Crippen molar-refractivity contribution in [3.63, 3.8) is 0 Å². The number of ether oxygens (including phenoxy) is 1. The first-order valence-corrected chi connectivity index (χ1v) is 17.8. The Balaban J connectivity index is 1.43. The van der Waals surface area contributed by atoms with Gasteiger partial charge >= 0.3 is 5.97 Å². The molecule has 0 spiro atoms.